The van der Waals surface area contributed by atoms with Crippen LogP contribution in [-0.4, -0.2) is 95.8 Å². The number of fused-ring (bicyclic) bond motifs is 2. The maximum absolute atomic E-state index is 12.6. The number of rotatable bonds is 9. The third-order valence-corrected chi connectivity index (χ3v) is 7.48. The van der Waals surface area contributed by atoms with Crippen LogP contribution in [0.25, 0.3) is 16.6 Å². The van der Waals surface area contributed by atoms with Crippen molar-refractivity contribution < 1.29 is 14.3 Å². The third-order valence-electron chi connectivity index (χ3n) is 7.48. The van der Waals surface area contributed by atoms with Gasteiger partial charge in [0.25, 0.3) is 5.91 Å². The molecule has 1 unspecified atom stereocenters. The highest BCUT2D eigenvalue weighted by Gasteiger charge is 2.28. The molecule has 1 amide bonds. The van der Waals surface area contributed by atoms with E-state index < -0.39 is 5.92 Å². The van der Waals surface area contributed by atoms with Crippen LogP contribution >= 0.6 is 0 Å². The van der Waals surface area contributed by atoms with Gasteiger partial charge in [-0.3, -0.25) is 9.69 Å². The minimum Gasteiger partial charge on any atom is -0.475 e. The summed E-state index contributed by atoms with van der Waals surface area (Å²) in [5, 5.41) is 4.05. The van der Waals surface area contributed by atoms with Crippen LogP contribution in [0.4, 0.5) is 11.6 Å². The fourth-order valence-electron chi connectivity index (χ4n) is 5.22. The van der Waals surface area contributed by atoms with Crippen LogP contribution in [0.5, 0.6) is 5.88 Å². The van der Waals surface area contributed by atoms with Gasteiger partial charge in [-0.05, 0) is 43.3 Å². The highest BCUT2D eigenvalue weighted by Crippen LogP contribution is 2.35. The largest absolute Gasteiger partial charge is 0.475 e. The summed E-state index contributed by atoms with van der Waals surface area (Å²) >= 11 is 0. The van der Waals surface area contributed by atoms with E-state index in [0.29, 0.717) is 42.2 Å². The molecule has 0 radical (unpaired) electrons. The second kappa shape index (κ2) is 11.7. The molecule has 212 valence electrons. The Hall–Kier alpha value is -4.19. The molecule has 3 aliphatic rings. The lowest BCUT2D eigenvalue weighted by atomic mass is 9.89. The molecule has 41 heavy (non-hydrogen) atoms. The summed E-state index contributed by atoms with van der Waals surface area (Å²) in [4.78, 5) is 38.6. The minimum absolute atomic E-state index is 0.219. The number of piperazine rings is 1. The summed E-state index contributed by atoms with van der Waals surface area (Å²) in [6, 6.07) is 8.37. The Bertz CT molecular complexity index is 1560. The van der Waals surface area contributed by atoms with E-state index >= 15 is 0 Å². The molecule has 2 N–H and O–H groups in total. The van der Waals surface area contributed by atoms with Crippen molar-refractivity contribution in [2.45, 2.75) is 13.5 Å². The number of anilines is 2. The molecule has 1 fully saturated rings. The normalized spacial score (nSPS) is 19.5. The lowest BCUT2D eigenvalue weighted by Gasteiger charge is -2.32. The van der Waals surface area contributed by atoms with Gasteiger partial charge >= 0.3 is 0 Å². The first-order valence-electron chi connectivity index (χ1n) is 13.8. The van der Waals surface area contributed by atoms with Gasteiger partial charge in [-0.2, -0.15) is 15.0 Å². The SMILES string of the molecule is COCCOc1nc(Nc2ccc(CN3CCN(C)CC3)cc2)nc2[nH]cc(C3=CC4C(=O)N=C(C)N=C4C=C3)c12. The number of ether oxygens (including phenoxy) is 2. The Kier molecular flexibility index (Phi) is 7.73. The first-order chi connectivity index (χ1) is 20.0. The van der Waals surface area contributed by atoms with E-state index in [9.17, 15) is 4.79 Å². The number of amidine groups is 1. The average molecular weight is 555 g/mol. The summed E-state index contributed by atoms with van der Waals surface area (Å²) in [5.74, 6) is 0.586. The number of allylic oxidation sites excluding steroid dienone is 3. The van der Waals surface area contributed by atoms with Gasteiger partial charge in [0.15, 0.2) is 0 Å². The molecule has 6 rings (SSSR count). The Morgan fingerprint density at radius 3 is 2.63 bits per heavy atom. The molecule has 0 saturated carbocycles. The number of aromatic nitrogens is 3. The number of aromatic amines is 1. The van der Waals surface area contributed by atoms with Crippen molar-refractivity contribution in [1.29, 1.82) is 0 Å². The van der Waals surface area contributed by atoms with Crippen molar-refractivity contribution in [2.75, 3.05) is 58.9 Å². The number of benzene rings is 1. The molecule has 3 aromatic rings. The lowest BCUT2D eigenvalue weighted by Crippen LogP contribution is -2.43. The van der Waals surface area contributed by atoms with Crippen molar-refractivity contribution >= 4 is 45.7 Å². The monoisotopic (exact) mass is 554 g/mol. The number of amides is 1. The number of carbonyl (C=O) groups is 1. The lowest BCUT2D eigenvalue weighted by molar-refractivity contribution is -0.118. The smallest absolute Gasteiger partial charge is 0.260 e. The van der Waals surface area contributed by atoms with Crippen LogP contribution < -0.4 is 10.1 Å². The van der Waals surface area contributed by atoms with Crippen LogP contribution in [0.1, 0.15) is 18.1 Å². The number of aliphatic imine (C=N–C) groups is 2. The van der Waals surface area contributed by atoms with Gasteiger partial charge in [0.2, 0.25) is 11.8 Å². The van der Waals surface area contributed by atoms with E-state index in [0.717, 1.165) is 54.9 Å². The van der Waals surface area contributed by atoms with Crippen molar-refractivity contribution in [3.05, 3.63) is 59.8 Å². The number of hydrogen-bond donors (Lipinski definition) is 2. The number of hydrogen-bond acceptors (Lipinski definition) is 9. The molecule has 4 heterocycles. The number of nitrogens with one attached hydrogen (secondary N) is 2. The van der Waals surface area contributed by atoms with Crippen molar-refractivity contribution in [3.63, 3.8) is 0 Å². The Morgan fingerprint density at radius 1 is 1.05 bits per heavy atom. The van der Waals surface area contributed by atoms with Gasteiger partial charge in [-0.15, -0.1) is 0 Å². The van der Waals surface area contributed by atoms with Crippen molar-refractivity contribution in [3.8, 4) is 5.88 Å². The molecule has 11 nitrogen and oxygen atoms in total. The van der Waals surface area contributed by atoms with Crippen LogP contribution in [0.3, 0.4) is 0 Å². The van der Waals surface area contributed by atoms with Crippen LogP contribution in [-0.2, 0) is 16.1 Å². The van der Waals surface area contributed by atoms with Gasteiger partial charge in [0.1, 0.15) is 24.0 Å². The maximum Gasteiger partial charge on any atom is 0.260 e. The molecule has 1 aromatic carbocycles. The molecule has 1 atom stereocenters. The van der Waals surface area contributed by atoms with Crippen LogP contribution in [0, 0.1) is 5.92 Å². The highest BCUT2D eigenvalue weighted by molar-refractivity contribution is 6.23. The third kappa shape index (κ3) is 5.97. The van der Waals surface area contributed by atoms with E-state index in [1.165, 1.54) is 5.56 Å². The van der Waals surface area contributed by atoms with Crippen molar-refractivity contribution in [1.82, 2.24) is 24.8 Å². The maximum atomic E-state index is 12.6. The fourth-order valence-corrected chi connectivity index (χ4v) is 5.22. The summed E-state index contributed by atoms with van der Waals surface area (Å²) in [6.07, 6.45) is 7.55. The average Bonchev–Trinajstić information content (AvgIpc) is 3.39. The second-order valence-corrected chi connectivity index (χ2v) is 10.5. The number of likely N-dealkylation sites (N-methyl/N-ethyl adjacent to an activating group) is 1. The van der Waals surface area contributed by atoms with E-state index in [1.807, 2.05) is 36.6 Å². The predicted molar refractivity (Wildman–Crippen MR) is 160 cm³/mol. The molecule has 1 saturated heterocycles. The Labute approximate surface area is 238 Å². The van der Waals surface area contributed by atoms with Crippen LogP contribution in [0.15, 0.2) is 58.7 Å². The molecule has 2 aromatic heterocycles. The van der Waals surface area contributed by atoms with Gasteiger partial charge in [-0.25, -0.2) is 4.99 Å². The molecule has 2 aliphatic heterocycles. The van der Waals surface area contributed by atoms with Gasteiger partial charge in [0.05, 0.1) is 17.7 Å². The van der Waals surface area contributed by atoms with Crippen LogP contribution in [0.2, 0.25) is 0 Å². The first kappa shape index (κ1) is 27.0. The zero-order chi connectivity index (χ0) is 28.3. The zero-order valence-corrected chi connectivity index (χ0v) is 23.6. The Morgan fingerprint density at radius 2 is 1.85 bits per heavy atom. The molecular formula is C30H34N8O3. The predicted octanol–water partition coefficient (Wildman–Crippen LogP) is 3.44. The summed E-state index contributed by atoms with van der Waals surface area (Å²) in [6.45, 7) is 7.78. The molecule has 11 heteroatoms. The highest BCUT2D eigenvalue weighted by atomic mass is 16.5. The van der Waals surface area contributed by atoms with Gasteiger partial charge < -0.3 is 24.7 Å². The number of carbonyl (C=O) groups excluding carboxylic acids is 1. The number of H-pyrrole nitrogens is 1. The number of methoxy groups -OCH3 is 1. The topological polar surface area (TPSA) is 120 Å². The molecule has 0 spiro atoms. The molecule has 1 aliphatic carbocycles. The zero-order valence-electron chi connectivity index (χ0n) is 23.6. The van der Waals surface area contributed by atoms with Gasteiger partial charge in [0, 0.05) is 57.3 Å². The summed E-state index contributed by atoms with van der Waals surface area (Å²) in [5.41, 5.74) is 5.15. The van der Waals surface area contributed by atoms with Gasteiger partial charge in [-0.1, -0.05) is 24.3 Å². The van der Waals surface area contributed by atoms with E-state index in [-0.39, 0.29) is 5.91 Å². The fraction of sp³-hybridized carbons (Fsp3) is 0.367. The molecular weight excluding hydrogens is 520 g/mol. The second-order valence-electron chi connectivity index (χ2n) is 10.5. The summed E-state index contributed by atoms with van der Waals surface area (Å²) < 4.78 is 11.3. The minimum atomic E-state index is -0.511. The quantitative estimate of drug-likeness (QED) is 0.386. The van der Waals surface area contributed by atoms with E-state index in [4.69, 9.17) is 19.4 Å². The first-order valence-corrected chi connectivity index (χ1v) is 13.8. The van der Waals surface area contributed by atoms with E-state index in [2.05, 4.69) is 49.3 Å². The standard InChI is InChI=1S/C30H34N8O3/c1-19-32-25-9-6-21(16-23(25)28(39)33-19)24-17-31-27-26(24)29(41-15-14-40-3)36-30(35-27)34-22-7-4-20(5-8-22)18-38-12-10-37(2)11-13-38/h4-9,16-17,23H,10-15,18H2,1-3H3,(H2,31,34,35,36). The van der Waals surface area contributed by atoms with E-state index in [1.54, 1.807) is 14.0 Å². The van der Waals surface area contributed by atoms with Crippen molar-refractivity contribution in [2.24, 2.45) is 15.9 Å². The summed E-state index contributed by atoms with van der Waals surface area (Å²) in [7, 11) is 3.80. The molecule has 0 bridgehead atoms. The Balaban J connectivity index is 1.25. The number of nitrogens with zero attached hydrogens (tertiary/aromatic N) is 6.